The Bertz CT molecular complexity index is 1420. The molecular weight excluding hydrogens is 466 g/mol. The van der Waals surface area contributed by atoms with E-state index in [-0.39, 0.29) is 51.4 Å². The van der Waals surface area contributed by atoms with E-state index in [4.69, 9.17) is 4.74 Å². The minimum Gasteiger partial charge on any atom is -0.494 e. The number of rotatable bonds is 5. The zero-order valence-corrected chi connectivity index (χ0v) is 19.4. The SMILES string of the molecule is COC(=O)c1ccc(C(=O)OC)c(N=Cc2c(C)c(C#N)c(=O)n([C@@H]3CCS(=O)(=O)C3)c2O)c1. The fraction of sp³-hybridized carbons (Fsp3) is 0.318. The molecule has 0 spiro atoms. The summed E-state index contributed by atoms with van der Waals surface area (Å²) in [5, 5.41) is 20.4. The highest BCUT2D eigenvalue weighted by Gasteiger charge is 2.33. The first kappa shape index (κ1) is 24.7. The molecule has 1 saturated heterocycles. The van der Waals surface area contributed by atoms with Crippen molar-refractivity contribution in [2.24, 2.45) is 4.99 Å². The van der Waals surface area contributed by atoms with Crippen LogP contribution in [-0.2, 0) is 19.3 Å². The van der Waals surface area contributed by atoms with Crippen LogP contribution in [0.3, 0.4) is 0 Å². The van der Waals surface area contributed by atoms with Crippen LogP contribution in [0.25, 0.3) is 0 Å². The fourth-order valence-corrected chi connectivity index (χ4v) is 5.41. The standard InChI is InChI=1S/C22H21N3O8S/c1-12-16(9-23)19(26)25(14-6-7-34(30,31)11-14)20(27)17(12)10-24-18-8-13(21(28)32-2)4-5-15(18)22(29)33-3/h4-5,8,10,14,27H,6-7,11H2,1-3H3/t14-/m1/s1. The third kappa shape index (κ3) is 4.55. The number of aromatic nitrogens is 1. The molecule has 178 valence electrons. The summed E-state index contributed by atoms with van der Waals surface area (Å²) in [5.41, 5.74) is -0.858. The maximum atomic E-state index is 12.8. The molecule has 1 N–H and O–H groups in total. The zero-order chi connectivity index (χ0) is 25.2. The number of carbonyl (C=O) groups is 2. The van der Waals surface area contributed by atoms with Crippen molar-refractivity contribution in [2.45, 2.75) is 19.4 Å². The lowest BCUT2D eigenvalue weighted by atomic mass is 10.0. The van der Waals surface area contributed by atoms with Gasteiger partial charge in [-0.2, -0.15) is 5.26 Å². The van der Waals surface area contributed by atoms with Gasteiger partial charge in [-0.15, -0.1) is 0 Å². The largest absolute Gasteiger partial charge is 0.494 e. The Morgan fingerprint density at radius 1 is 1.26 bits per heavy atom. The highest BCUT2D eigenvalue weighted by molar-refractivity contribution is 7.91. The third-order valence-corrected chi connectivity index (χ3v) is 7.27. The lowest BCUT2D eigenvalue weighted by Gasteiger charge is -2.18. The zero-order valence-electron chi connectivity index (χ0n) is 18.6. The molecule has 2 heterocycles. The predicted octanol–water partition coefficient (Wildman–Crippen LogP) is 1.42. The van der Waals surface area contributed by atoms with Crippen LogP contribution in [0.2, 0.25) is 0 Å². The molecule has 0 radical (unpaired) electrons. The number of carbonyl (C=O) groups excluding carboxylic acids is 2. The maximum Gasteiger partial charge on any atom is 0.340 e. The number of aliphatic imine (C=N–C) groups is 1. The number of hydrogen-bond acceptors (Lipinski definition) is 10. The van der Waals surface area contributed by atoms with Crippen molar-refractivity contribution in [1.29, 1.82) is 5.26 Å². The molecular formula is C22H21N3O8S. The van der Waals surface area contributed by atoms with Gasteiger partial charge in [-0.25, -0.2) is 18.0 Å². The number of nitrogens with zero attached hydrogens (tertiary/aromatic N) is 3. The van der Waals surface area contributed by atoms with Crippen molar-refractivity contribution in [2.75, 3.05) is 25.7 Å². The summed E-state index contributed by atoms with van der Waals surface area (Å²) >= 11 is 0. The number of nitriles is 1. The highest BCUT2D eigenvalue weighted by atomic mass is 32.2. The second-order valence-electron chi connectivity index (χ2n) is 7.55. The Balaban J connectivity index is 2.20. The van der Waals surface area contributed by atoms with Crippen LogP contribution in [0.4, 0.5) is 5.69 Å². The van der Waals surface area contributed by atoms with Crippen molar-refractivity contribution in [3.63, 3.8) is 0 Å². The molecule has 0 amide bonds. The van der Waals surface area contributed by atoms with E-state index in [1.165, 1.54) is 39.3 Å². The molecule has 3 rings (SSSR count). The Morgan fingerprint density at radius 2 is 1.94 bits per heavy atom. The van der Waals surface area contributed by atoms with Gasteiger partial charge in [-0.3, -0.25) is 14.4 Å². The minimum absolute atomic E-state index is 0.00764. The van der Waals surface area contributed by atoms with E-state index in [1.54, 1.807) is 6.07 Å². The van der Waals surface area contributed by atoms with Gasteiger partial charge in [-0.1, -0.05) is 0 Å². The summed E-state index contributed by atoms with van der Waals surface area (Å²) in [5.74, 6) is -2.46. The third-order valence-electron chi connectivity index (χ3n) is 5.52. The second-order valence-corrected chi connectivity index (χ2v) is 9.78. The minimum atomic E-state index is -3.39. The van der Waals surface area contributed by atoms with E-state index in [9.17, 15) is 33.2 Å². The number of aromatic hydroxyl groups is 1. The van der Waals surface area contributed by atoms with Crippen LogP contribution in [0.5, 0.6) is 5.88 Å². The first-order valence-electron chi connectivity index (χ1n) is 9.98. The quantitative estimate of drug-likeness (QED) is 0.485. The molecule has 1 aromatic heterocycles. The fourth-order valence-electron chi connectivity index (χ4n) is 3.71. The van der Waals surface area contributed by atoms with Crippen molar-refractivity contribution in [3.8, 4) is 11.9 Å². The van der Waals surface area contributed by atoms with Gasteiger partial charge in [0.25, 0.3) is 5.56 Å². The lowest BCUT2D eigenvalue weighted by Crippen LogP contribution is -2.29. The molecule has 1 aliphatic heterocycles. The van der Waals surface area contributed by atoms with Crippen molar-refractivity contribution < 1.29 is 32.6 Å². The molecule has 1 aromatic carbocycles. The molecule has 1 atom stereocenters. The average molecular weight is 487 g/mol. The van der Waals surface area contributed by atoms with Crippen molar-refractivity contribution >= 4 is 33.7 Å². The molecule has 0 saturated carbocycles. The lowest BCUT2D eigenvalue weighted by molar-refractivity contribution is 0.0587. The molecule has 1 fully saturated rings. The molecule has 1 aliphatic rings. The molecule has 0 aliphatic carbocycles. The van der Waals surface area contributed by atoms with E-state index in [1.807, 2.05) is 0 Å². The van der Waals surface area contributed by atoms with Crippen LogP contribution in [0, 0.1) is 18.3 Å². The number of benzene rings is 1. The summed E-state index contributed by atoms with van der Waals surface area (Å²) in [6, 6.07) is 4.91. The molecule has 12 heteroatoms. The topological polar surface area (TPSA) is 165 Å². The van der Waals surface area contributed by atoms with E-state index < -0.39 is 39.3 Å². The van der Waals surface area contributed by atoms with Gasteiger partial charge in [0.1, 0.15) is 11.6 Å². The van der Waals surface area contributed by atoms with Crippen molar-refractivity contribution in [1.82, 2.24) is 4.57 Å². The first-order chi connectivity index (χ1) is 16.0. The molecule has 11 nitrogen and oxygen atoms in total. The summed E-state index contributed by atoms with van der Waals surface area (Å²) < 4.78 is 34.2. The summed E-state index contributed by atoms with van der Waals surface area (Å²) in [6.45, 7) is 1.43. The number of ether oxygens (including phenoxy) is 2. The maximum absolute atomic E-state index is 12.8. The normalized spacial score (nSPS) is 16.8. The van der Waals surface area contributed by atoms with E-state index in [2.05, 4.69) is 9.73 Å². The van der Waals surface area contributed by atoms with E-state index >= 15 is 0 Å². The van der Waals surface area contributed by atoms with Gasteiger partial charge in [0, 0.05) is 6.21 Å². The van der Waals surface area contributed by atoms with Gasteiger partial charge in [0.2, 0.25) is 5.88 Å². The highest BCUT2D eigenvalue weighted by Crippen LogP contribution is 2.30. The summed E-state index contributed by atoms with van der Waals surface area (Å²) in [7, 11) is -1.03. The number of methoxy groups -OCH3 is 2. The van der Waals surface area contributed by atoms with Gasteiger partial charge in [0.05, 0.1) is 54.1 Å². The molecule has 0 unspecified atom stereocenters. The number of sulfone groups is 1. The monoisotopic (exact) mass is 487 g/mol. The van der Waals surface area contributed by atoms with E-state index in [0.717, 1.165) is 10.8 Å². The van der Waals surface area contributed by atoms with Gasteiger partial charge >= 0.3 is 11.9 Å². The van der Waals surface area contributed by atoms with Gasteiger partial charge in [0.15, 0.2) is 9.84 Å². The van der Waals surface area contributed by atoms with E-state index in [0.29, 0.717) is 0 Å². The average Bonchev–Trinajstić information content (AvgIpc) is 3.17. The second kappa shape index (κ2) is 9.48. The molecule has 2 aromatic rings. The Labute approximate surface area is 194 Å². The molecule has 34 heavy (non-hydrogen) atoms. The van der Waals surface area contributed by atoms with Crippen LogP contribution in [-0.4, -0.2) is 62.0 Å². The van der Waals surface area contributed by atoms with Crippen LogP contribution in [0.1, 0.15) is 49.9 Å². The summed E-state index contributed by atoms with van der Waals surface area (Å²) in [4.78, 5) is 41.1. The number of hydrogen-bond donors (Lipinski definition) is 1. The van der Waals surface area contributed by atoms with Crippen LogP contribution in [0.15, 0.2) is 28.0 Å². The Morgan fingerprint density at radius 3 is 2.50 bits per heavy atom. The predicted molar refractivity (Wildman–Crippen MR) is 121 cm³/mol. The van der Waals surface area contributed by atoms with Crippen LogP contribution >= 0.6 is 0 Å². The first-order valence-corrected chi connectivity index (χ1v) is 11.8. The Hall–Kier alpha value is -3.98. The van der Waals surface area contributed by atoms with Crippen LogP contribution < -0.4 is 5.56 Å². The Kier molecular flexibility index (Phi) is 6.88. The number of pyridine rings is 1. The molecule has 0 bridgehead atoms. The van der Waals surface area contributed by atoms with Gasteiger partial charge in [-0.05, 0) is 37.1 Å². The smallest absolute Gasteiger partial charge is 0.340 e. The van der Waals surface area contributed by atoms with Gasteiger partial charge < -0.3 is 14.6 Å². The number of esters is 2. The summed E-state index contributed by atoms with van der Waals surface area (Å²) in [6.07, 6.45) is 1.24. The van der Waals surface area contributed by atoms with Crippen molar-refractivity contribution in [3.05, 3.63) is 56.4 Å².